The standard InChI is InChI=1S/C31H26F2N2O6S/c1-40-31(37)23-10-15-29(26(33)18-23)41-17-16-34-30(36)28-19-22-4-2-3-5-27(22)35(28)42(38,39)25-13-8-21(9-14-25)20-6-11-24(32)12-7-20/h2-15,18,28H,16-17,19H2,1H3,(H,34,36)/t28-/m0/s1. The SMILES string of the molecule is COC(=O)c1ccc(OCCNC(=O)[C@@H]2Cc3ccccc3N2S(=O)(=O)c2ccc(-c3ccc(F)cc3)cc2)c(F)c1. The van der Waals surface area contributed by atoms with Crippen LogP contribution in [0.25, 0.3) is 11.1 Å². The number of rotatable bonds is 9. The summed E-state index contributed by atoms with van der Waals surface area (Å²) in [5.74, 6) is -2.48. The van der Waals surface area contributed by atoms with Gasteiger partial charge in [-0.3, -0.25) is 9.10 Å². The first-order chi connectivity index (χ1) is 20.2. The van der Waals surface area contributed by atoms with Gasteiger partial charge in [-0.1, -0.05) is 42.5 Å². The van der Waals surface area contributed by atoms with Crippen molar-refractivity contribution in [3.05, 3.63) is 114 Å². The molecule has 1 aliphatic rings. The Kier molecular flexibility index (Phi) is 8.21. The van der Waals surface area contributed by atoms with Crippen molar-refractivity contribution in [2.75, 3.05) is 24.6 Å². The van der Waals surface area contributed by atoms with E-state index in [9.17, 15) is 26.8 Å². The number of esters is 1. The van der Waals surface area contributed by atoms with Crippen LogP contribution >= 0.6 is 0 Å². The van der Waals surface area contributed by atoms with E-state index in [1.807, 2.05) is 0 Å². The highest BCUT2D eigenvalue weighted by atomic mass is 32.2. The number of benzene rings is 4. The molecule has 1 heterocycles. The number of carbonyl (C=O) groups excluding carboxylic acids is 2. The van der Waals surface area contributed by atoms with E-state index >= 15 is 0 Å². The molecule has 42 heavy (non-hydrogen) atoms. The van der Waals surface area contributed by atoms with Crippen LogP contribution in [0.15, 0.2) is 95.9 Å². The van der Waals surface area contributed by atoms with Gasteiger partial charge < -0.3 is 14.8 Å². The van der Waals surface area contributed by atoms with Crippen molar-refractivity contribution < 1.29 is 36.3 Å². The predicted octanol–water partition coefficient (Wildman–Crippen LogP) is 4.73. The van der Waals surface area contributed by atoms with Crippen molar-refractivity contribution in [1.29, 1.82) is 0 Å². The van der Waals surface area contributed by atoms with Gasteiger partial charge in [0.2, 0.25) is 5.91 Å². The number of nitrogens with one attached hydrogen (secondary N) is 1. The summed E-state index contributed by atoms with van der Waals surface area (Å²) in [6.07, 6.45) is 0.166. The number of amides is 1. The van der Waals surface area contributed by atoms with Crippen LogP contribution in [0, 0.1) is 11.6 Å². The number of halogens is 2. The number of hydrogen-bond acceptors (Lipinski definition) is 6. The lowest BCUT2D eigenvalue weighted by Gasteiger charge is -2.26. The molecule has 8 nitrogen and oxygen atoms in total. The lowest BCUT2D eigenvalue weighted by Crippen LogP contribution is -2.48. The van der Waals surface area contributed by atoms with E-state index in [0.717, 1.165) is 15.9 Å². The maximum Gasteiger partial charge on any atom is 0.337 e. The number of sulfonamides is 1. The molecule has 0 saturated carbocycles. The van der Waals surface area contributed by atoms with Crippen LogP contribution in [0.1, 0.15) is 15.9 Å². The molecule has 0 aromatic heterocycles. The van der Waals surface area contributed by atoms with Gasteiger partial charge in [0.05, 0.1) is 29.8 Å². The predicted molar refractivity (Wildman–Crippen MR) is 152 cm³/mol. The zero-order valence-corrected chi connectivity index (χ0v) is 23.2. The Morgan fingerprint density at radius 2 is 1.60 bits per heavy atom. The number of para-hydroxylation sites is 1. The maximum atomic E-state index is 14.3. The van der Waals surface area contributed by atoms with Crippen LogP contribution in [0.3, 0.4) is 0 Å². The third-order valence-corrected chi connectivity index (χ3v) is 8.67. The summed E-state index contributed by atoms with van der Waals surface area (Å²) in [7, 11) is -2.96. The van der Waals surface area contributed by atoms with Crippen LogP contribution in [-0.4, -0.2) is 46.6 Å². The zero-order valence-electron chi connectivity index (χ0n) is 22.4. The average molecular weight is 593 g/mol. The summed E-state index contributed by atoms with van der Waals surface area (Å²) in [5.41, 5.74) is 2.58. The fraction of sp³-hybridized carbons (Fsp3) is 0.161. The second-order valence-corrected chi connectivity index (χ2v) is 11.3. The normalized spacial score (nSPS) is 14.3. The third kappa shape index (κ3) is 5.82. The summed E-state index contributed by atoms with van der Waals surface area (Å²) < 4.78 is 66.4. The lowest BCUT2D eigenvalue weighted by atomic mass is 10.1. The molecule has 4 aromatic carbocycles. The van der Waals surface area contributed by atoms with Gasteiger partial charge in [-0.2, -0.15) is 0 Å². The van der Waals surface area contributed by atoms with Gasteiger partial charge >= 0.3 is 5.97 Å². The van der Waals surface area contributed by atoms with Crippen LogP contribution in [-0.2, 0) is 26.0 Å². The van der Waals surface area contributed by atoms with Crippen molar-refractivity contribution in [3.8, 4) is 16.9 Å². The second kappa shape index (κ2) is 12.0. The number of anilines is 1. The van der Waals surface area contributed by atoms with Gasteiger partial charge in [-0.25, -0.2) is 22.0 Å². The number of fused-ring (bicyclic) bond motifs is 1. The minimum atomic E-state index is -4.15. The molecule has 1 atom stereocenters. The molecule has 11 heteroatoms. The molecule has 216 valence electrons. The van der Waals surface area contributed by atoms with Crippen molar-refractivity contribution in [3.63, 3.8) is 0 Å². The highest BCUT2D eigenvalue weighted by molar-refractivity contribution is 7.93. The summed E-state index contributed by atoms with van der Waals surface area (Å²) in [6, 6.07) is 21.5. The van der Waals surface area contributed by atoms with Crippen LogP contribution in [0.4, 0.5) is 14.5 Å². The van der Waals surface area contributed by atoms with E-state index in [-0.39, 0.29) is 41.6 Å². The average Bonchev–Trinajstić information content (AvgIpc) is 3.41. The minimum absolute atomic E-state index is 0.00271. The summed E-state index contributed by atoms with van der Waals surface area (Å²) in [4.78, 5) is 24.8. The molecule has 1 aliphatic heterocycles. The van der Waals surface area contributed by atoms with Crippen molar-refractivity contribution in [2.24, 2.45) is 0 Å². The summed E-state index contributed by atoms with van der Waals surface area (Å²) >= 11 is 0. The van der Waals surface area contributed by atoms with Crippen molar-refractivity contribution in [1.82, 2.24) is 5.32 Å². The lowest BCUT2D eigenvalue weighted by molar-refractivity contribution is -0.122. The van der Waals surface area contributed by atoms with E-state index in [2.05, 4.69) is 10.1 Å². The highest BCUT2D eigenvalue weighted by Crippen LogP contribution is 2.37. The summed E-state index contributed by atoms with van der Waals surface area (Å²) in [5, 5.41) is 2.68. The first kappa shape index (κ1) is 28.7. The first-order valence-electron chi connectivity index (χ1n) is 13.0. The molecule has 0 radical (unpaired) electrons. The molecule has 0 bridgehead atoms. The molecule has 4 aromatic rings. The van der Waals surface area contributed by atoms with Gasteiger partial charge in [0.15, 0.2) is 11.6 Å². The van der Waals surface area contributed by atoms with Gasteiger partial charge in [0, 0.05) is 6.42 Å². The van der Waals surface area contributed by atoms with Crippen LogP contribution < -0.4 is 14.4 Å². The van der Waals surface area contributed by atoms with Gasteiger partial charge in [-0.15, -0.1) is 0 Å². The fourth-order valence-corrected chi connectivity index (χ4v) is 6.39. The molecule has 0 saturated heterocycles. The molecular weight excluding hydrogens is 566 g/mol. The van der Waals surface area contributed by atoms with E-state index in [1.165, 1.54) is 43.5 Å². The number of ether oxygens (including phenoxy) is 2. The van der Waals surface area contributed by atoms with E-state index in [1.54, 1.807) is 48.5 Å². The van der Waals surface area contributed by atoms with Gasteiger partial charge in [0.25, 0.3) is 10.0 Å². The minimum Gasteiger partial charge on any atom is -0.489 e. The number of methoxy groups -OCH3 is 1. The molecule has 0 fully saturated rings. The first-order valence-corrected chi connectivity index (χ1v) is 14.4. The Hall–Kier alpha value is -4.77. The molecule has 1 N–H and O–H groups in total. The Balaban J connectivity index is 1.29. The fourth-order valence-electron chi connectivity index (χ4n) is 4.74. The highest BCUT2D eigenvalue weighted by Gasteiger charge is 2.42. The van der Waals surface area contributed by atoms with E-state index in [0.29, 0.717) is 16.8 Å². The van der Waals surface area contributed by atoms with E-state index < -0.39 is 33.8 Å². The topological polar surface area (TPSA) is 102 Å². The Bertz CT molecular complexity index is 1730. The molecule has 0 aliphatic carbocycles. The smallest absolute Gasteiger partial charge is 0.337 e. The number of nitrogens with zero attached hydrogens (tertiary/aromatic N) is 1. The van der Waals surface area contributed by atoms with Gasteiger partial charge in [0.1, 0.15) is 18.5 Å². The number of carbonyl (C=O) groups is 2. The van der Waals surface area contributed by atoms with Gasteiger partial charge in [-0.05, 0) is 65.2 Å². The molecule has 0 unspecified atom stereocenters. The quantitative estimate of drug-likeness (QED) is 0.223. The molecule has 5 rings (SSSR count). The van der Waals surface area contributed by atoms with Crippen molar-refractivity contribution in [2.45, 2.75) is 17.4 Å². The molecule has 0 spiro atoms. The summed E-state index contributed by atoms with van der Waals surface area (Å²) in [6.45, 7) is -0.123. The maximum absolute atomic E-state index is 14.3. The van der Waals surface area contributed by atoms with Crippen LogP contribution in [0.5, 0.6) is 5.75 Å². The van der Waals surface area contributed by atoms with Crippen LogP contribution in [0.2, 0.25) is 0 Å². The monoisotopic (exact) mass is 592 g/mol. The van der Waals surface area contributed by atoms with E-state index in [4.69, 9.17) is 4.74 Å². The number of hydrogen-bond donors (Lipinski definition) is 1. The Labute approximate surface area is 241 Å². The third-order valence-electron chi connectivity index (χ3n) is 6.83. The Morgan fingerprint density at radius 3 is 2.26 bits per heavy atom. The largest absolute Gasteiger partial charge is 0.489 e. The molecule has 1 amide bonds. The second-order valence-electron chi connectivity index (χ2n) is 9.46. The zero-order chi connectivity index (χ0) is 29.9. The molecular formula is C31H26F2N2O6S. The Morgan fingerprint density at radius 1 is 0.929 bits per heavy atom. The van der Waals surface area contributed by atoms with Crippen molar-refractivity contribution >= 4 is 27.6 Å².